The average Bonchev–Trinajstić information content (AvgIpc) is 2.58. The fourth-order valence-electron chi connectivity index (χ4n) is 2.08. The molecule has 0 atom stereocenters. The third-order valence-corrected chi connectivity index (χ3v) is 4.61. The number of carbonyl (C=O) groups is 1. The van der Waals surface area contributed by atoms with Crippen LogP contribution in [0.25, 0.3) is 0 Å². The van der Waals surface area contributed by atoms with E-state index in [0.717, 1.165) is 19.4 Å². The number of rotatable bonds is 7. The lowest BCUT2D eigenvalue weighted by molar-refractivity contribution is 0.0954. The Balaban J connectivity index is 2.15. The lowest BCUT2D eigenvalue weighted by Crippen LogP contribution is -2.18. The van der Waals surface area contributed by atoms with Crippen molar-refractivity contribution in [1.82, 2.24) is 5.43 Å². The standard InChI is InChI=1S/C18H18BrIN2O3/c1-3-24-16-10-12(9-15(20)17(16)25-4-2)11-21-22-18(23)13-7-5-6-8-14(13)19/h5-11H,3-4H2,1-2H3,(H,22,23)/b21-11-. The molecule has 1 amide bonds. The van der Waals surface area contributed by atoms with Crippen LogP contribution < -0.4 is 14.9 Å². The smallest absolute Gasteiger partial charge is 0.272 e. The average molecular weight is 517 g/mol. The van der Waals surface area contributed by atoms with Gasteiger partial charge in [-0.3, -0.25) is 4.79 Å². The molecule has 25 heavy (non-hydrogen) atoms. The second-order valence-electron chi connectivity index (χ2n) is 4.87. The molecule has 132 valence electrons. The van der Waals surface area contributed by atoms with Gasteiger partial charge in [0.2, 0.25) is 0 Å². The molecule has 2 rings (SSSR count). The van der Waals surface area contributed by atoms with Gasteiger partial charge in [0.05, 0.1) is 28.6 Å². The van der Waals surface area contributed by atoms with Crippen molar-refractivity contribution >= 4 is 50.6 Å². The van der Waals surface area contributed by atoms with Gasteiger partial charge in [-0.2, -0.15) is 5.10 Å². The molecule has 0 aromatic heterocycles. The van der Waals surface area contributed by atoms with Gasteiger partial charge >= 0.3 is 0 Å². The molecule has 2 aromatic rings. The van der Waals surface area contributed by atoms with E-state index < -0.39 is 0 Å². The van der Waals surface area contributed by atoms with Gasteiger partial charge < -0.3 is 9.47 Å². The van der Waals surface area contributed by atoms with Crippen molar-refractivity contribution in [2.24, 2.45) is 5.10 Å². The SMILES string of the molecule is CCOc1cc(/C=N\NC(=O)c2ccccc2Br)cc(I)c1OCC. The van der Waals surface area contributed by atoms with Crippen LogP contribution in [0.5, 0.6) is 11.5 Å². The van der Waals surface area contributed by atoms with Crippen molar-refractivity contribution in [3.63, 3.8) is 0 Å². The summed E-state index contributed by atoms with van der Waals surface area (Å²) in [5.41, 5.74) is 3.86. The normalized spacial score (nSPS) is 10.7. The van der Waals surface area contributed by atoms with E-state index >= 15 is 0 Å². The van der Waals surface area contributed by atoms with E-state index in [1.54, 1.807) is 18.3 Å². The Bertz CT molecular complexity index is 781. The van der Waals surface area contributed by atoms with Crippen LogP contribution in [0.1, 0.15) is 29.8 Å². The molecule has 0 heterocycles. The Hall–Kier alpha value is -1.61. The fraction of sp³-hybridized carbons (Fsp3) is 0.222. The maximum absolute atomic E-state index is 12.1. The lowest BCUT2D eigenvalue weighted by Gasteiger charge is -2.13. The van der Waals surface area contributed by atoms with Crippen LogP contribution in [-0.2, 0) is 0 Å². The van der Waals surface area contributed by atoms with Crippen LogP contribution in [0.3, 0.4) is 0 Å². The zero-order valence-electron chi connectivity index (χ0n) is 13.9. The minimum atomic E-state index is -0.283. The number of halogens is 2. The number of hydrazone groups is 1. The zero-order valence-corrected chi connectivity index (χ0v) is 17.6. The number of benzene rings is 2. The van der Waals surface area contributed by atoms with Gasteiger partial charge in [-0.25, -0.2) is 5.43 Å². The first-order chi connectivity index (χ1) is 12.1. The molecule has 0 unspecified atom stereocenters. The van der Waals surface area contributed by atoms with E-state index in [4.69, 9.17) is 9.47 Å². The van der Waals surface area contributed by atoms with Gasteiger partial charge in [0.1, 0.15) is 0 Å². The summed E-state index contributed by atoms with van der Waals surface area (Å²) in [6.07, 6.45) is 1.58. The monoisotopic (exact) mass is 516 g/mol. The molecule has 0 spiro atoms. The molecule has 0 aliphatic rings. The Morgan fingerprint density at radius 3 is 2.64 bits per heavy atom. The van der Waals surface area contributed by atoms with Gasteiger partial charge in [-0.05, 0) is 82.2 Å². The number of amides is 1. The van der Waals surface area contributed by atoms with Crippen molar-refractivity contribution in [2.45, 2.75) is 13.8 Å². The first-order valence-electron chi connectivity index (χ1n) is 7.73. The number of carbonyl (C=O) groups excluding carboxylic acids is 1. The van der Waals surface area contributed by atoms with Crippen LogP contribution in [0, 0.1) is 3.57 Å². The zero-order chi connectivity index (χ0) is 18.2. The van der Waals surface area contributed by atoms with E-state index in [2.05, 4.69) is 49.0 Å². The van der Waals surface area contributed by atoms with Gasteiger partial charge in [-0.1, -0.05) is 12.1 Å². The maximum atomic E-state index is 12.1. The van der Waals surface area contributed by atoms with E-state index in [1.165, 1.54) is 0 Å². The minimum absolute atomic E-state index is 0.283. The maximum Gasteiger partial charge on any atom is 0.272 e. The molecule has 1 N–H and O–H groups in total. The second-order valence-corrected chi connectivity index (χ2v) is 6.89. The number of nitrogens with zero attached hydrogens (tertiary/aromatic N) is 1. The summed E-state index contributed by atoms with van der Waals surface area (Å²) in [5.74, 6) is 1.10. The van der Waals surface area contributed by atoms with Gasteiger partial charge in [0.15, 0.2) is 11.5 Å². The molecule has 7 heteroatoms. The topological polar surface area (TPSA) is 59.9 Å². The molecule has 2 aromatic carbocycles. The molecular formula is C18H18BrIN2O3. The first kappa shape index (κ1) is 19.7. The van der Waals surface area contributed by atoms with Gasteiger partial charge in [-0.15, -0.1) is 0 Å². The van der Waals surface area contributed by atoms with Crippen LogP contribution in [0.15, 0.2) is 46.0 Å². The molecule has 0 fully saturated rings. The molecule has 0 saturated carbocycles. The molecule has 0 saturated heterocycles. The Morgan fingerprint density at radius 1 is 1.24 bits per heavy atom. The van der Waals surface area contributed by atoms with E-state index in [-0.39, 0.29) is 5.91 Å². The van der Waals surface area contributed by atoms with Crippen molar-refractivity contribution in [3.05, 3.63) is 55.6 Å². The van der Waals surface area contributed by atoms with Crippen molar-refractivity contribution in [2.75, 3.05) is 13.2 Å². The van der Waals surface area contributed by atoms with Crippen LogP contribution in [0.4, 0.5) is 0 Å². The molecule has 0 aliphatic heterocycles. The molecule has 5 nitrogen and oxygen atoms in total. The van der Waals surface area contributed by atoms with Crippen LogP contribution in [-0.4, -0.2) is 25.3 Å². The molecule has 0 radical (unpaired) electrons. The highest BCUT2D eigenvalue weighted by Gasteiger charge is 2.11. The molecular weight excluding hydrogens is 499 g/mol. The number of hydrogen-bond acceptors (Lipinski definition) is 4. The summed E-state index contributed by atoms with van der Waals surface area (Å²) in [7, 11) is 0. The fourth-order valence-corrected chi connectivity index (χ4v) is 3.33. The first-order valence-corrected chi connectivity index (χ1v) is 9.61. The van der Waals surface area contributed by atoms with Gasteiger partial charge in [0, 0.05) is 4.47 Å². The van der Waals surface area contributed by atoms with Gasteiger partial charge in [0.25, 0.3) is 5.91 Å². The Labute approximate surface area is 169 Å². The Morgan fingerprint density at radius 2 is 1.96 bits per heavy atom. The highest BCUT2D eigenvalue weighted by Crippen LogP contribution is 2.33. The number of ether oxygens (including phenoxy) is 2. The Kier molecular flexibility index (Phi) is 7.70. The third-order valence-electron chi connectivity index (χ3n) is 3.12. The molecule has 0 aliphatic carbocycles. The summed E-state index contributed by atoms with van der Waals surface area (Å²) >= 11 is 5.54. The summed E-state index contributed by atoms with van der Waals surface area (Å²) in [6.45, 7) is 4.95. The van der Waals surface area contributed by atoms with E-state index in [1.807, 2.05) is 38.1 Å². The number of nitrogens with one attached hydrogen (secondary N) is 1. The van der Waals surface area contributed by atoms with Crippen LogP contribution >= 0.6 is 38.5 Å². The van der Waals surface area contributed by atoms with E-state index in [9.17, 15) is 4.79 Å². The van der Waals surface area contributed by atoms with Crippen molar-refractivity contribution in [1.29, 1.82) is 0 Å². The largest absolute Gasteiger partial charge is 0.490 e. The third kappa shape index (κ3) is 5.43. The van der Waals surface area contributed by atoms with Crippen molar-refractivity contribution in [3.8, 4) is 11.5 Å². The summed E-state index contributed by atoms with van der Waals surface area (Å²) in [6, 6.07) is 10.9. The summed E-state index contributed by atoms with van der Waals surface area (Å²) in [4.78, 5) is 12.1. The van der Waals surface area contributed by atoms with E-state index in [0.29, 0.717) is 24.5 Å². The minimum Gasteiger partial charge on any atom is -0.490 e. The predicted molar refractivity (Wildman–Crippen MR) is 111 cm³/mol. The summed E-state index contributed by atoms with van der Waals surface area (Å²) in [5, 5.41) is 4.03. The second kappa shape index (κ2) is 9.76. The summed E-state index contributed by atoms with van der Waals surface area (Å²) < 4.78 is 12.9. The van der Waals surface area contributed by atoms with Crippen LogP contribution in [0.2, 0.25) is 0 Å². The quantitative estimate of drug-likeness (QED) is 0.332. The highest BCUT2D eigenvalue weighted by atomic mass is 127. The predicted octanol–water partition coefficient (Wildman–Crippen LogP) is 4.62. The lowest BCUT2D eigenvalue weighted by atomic mass is 10.2. The highest BCUT2D eigenvalue weighted by molar-refractivity contribution is 14.1. The number of hydrogen-bond donors (Lipinski definition) is 1. The molecule has 0 bridgehead atoms. The van der Waals surface area contributed by atoms with Crippen molar-refractivity contribution < 1.29 is 14.3 Å².